The predicted molar refractivity (Wildman–Crippen MR) is 79.8 cm³/mol. The predicted octanol–water partition coefficient (Wildman–Crippen LogP) is 3.23. The number of aliphatic hydroxyl groups excluding tert-OH is 1. The lowest BCUT2D eigenvalue weighted by Gasteiger charge is -2.20. The quantitative estimate of drug-likeness (QED) is 0.808. The summed E-state index contributed by atoms with van der Waals surface area (Å²) in [6.07, 6.45) is -0.753. The zero-order chi connectivity index (χ0) is 14.4. The summed E-state index contributed by atoms with van der Waals surface area (Å²) in [5.41, 5.74) is 1.01. The summed E-state index contributed by atoms with van der Waals surface area (Å²) >= 11 is 6.02. The van der Waals surface area contributed by atoms with Crippen molar-refractivity contribution in [2.24, 2.45) is 5.92 Å². The first-order chi connectivity index (χ1) is 8.90. The van der Waals surface area contributed by atoms with E-state index in [0.717, 1.165) is 17.9 Å². The Kier molecular flexibility index (Phi) is 6.63. The molecule has 1 rings (SSSR count). The third kappa shape index (κ3) is 5.81. The van der Waals surface area contributed by atoms with E-state index >= 15 is 0 Å². The molecule has 0 aliphatic rings. The number of nitrogens with one attached hydrogen (secondary N) is 1. The molecule has 0 saturated heterocycles. The average Bonchev–Trinajstić information content (AvgIpc) is 2.31. The van der Waals surface area contributed by atoms with E-state index in [1.807, 2.05) is 19.1 Å². The van der Waals surface area contributed by atoms with Crippen molar-refractivity contribution in [1.82, 2.24) is 5.32 Å². The van der Waals surface area contributed by atoms with Crippen LogP contribution in [0.3, 0.4) is 0 Å². The van der Waals surface area contributed by atoms with Crippen molar-refractivity contribution in [3.8, 4) is 5.75 Å². The molecule has 0 spiro atoms. The van der Waals surface area contributed by atoms with Gasteiger partial charge < -0.3 is 15.2 Å². The van der Waals surface area contributed by atoms with E-state index in [-0.39, 0.29) is 6.10 Å². The van der Waals surface area contributed by atoms with Crippen molar-refractivity contribution in [2.75, 3.05) is 6.54 Å². The van der Waals surface area contributed by atoms with Crippen LogP contribution in [-0.2, 0) is 6.54 Å². The van der Waals surface area contributed by atoms with Gasteiger partial charge in [0.05, 0.1) is 6.10 Å². The second kappa shape index (κ2) is 7.73. The molecular weight excluding hydrogens is 262 g/mol. The minimum absolute atomic E-state index is 0.245. The Labute approximate surface area is 120 Å². The molecule has 4 heteroatoms. The molecule has 0 heterocycles. The van der Waals surface area contributed by atoms with Gasteiger partial charge in [-0.05, 0) is 44.5 Å². The van der Waals surface area contributed by atoms with Crippen molar-refractivity contribution >= 4 is 11.6 Å². The fourth-order valence-electron chi connectivity index (χ4n) is 1.60. The number of ether oxygens (including phenoxy) is 1. The lowest BCUT2D eigenvalue weighted by Crippen LogP contribution is -2.26. The molecule has 2 N–H and O–H groups in total. The second-order valence-electron chi connectivity index (χ2n) is 5.34. The van der Waals surface area contributed by atoms with Gasteiger partial charge in [-0.3, -0.25) is 0 Å². The minimum Gasteiger partial charge on any atom is -0.488 e. The molecular formula is C15H24ClNO2. The third-order valence-electron chi connectivity index (χ3n) is 2.88. The largest absolute Gasteiger partial charge is 0.488 e. The van der Waals surface area contributed by atoms with Crippen LogP contribution >= 0.6 is 11.6 Å². The number of hydrogen-bond donors (Lipinski definition) is 2. The van der Waals surface area contributed by atoms with Gasteiger partial charge in [0.25, 0.3) is 0 Å². The highest BCUT2D eigenvalue weighted by atomic mass is 35.5. The fourth-order valence-corrected chi connectivity index (χ4v) is 1.79. The lowest BCUT2D eigenvalue weighted by atomic mass is 10.1. The van der Waals surface area contributed by atoms with Gasteiger partial charge in [0.15, 0.2) is 0 Å². The zero-order valence-electron chi connectivity index (χ0n) is 12.1. The molecule has 0 radical (unpaired) electrons. The Hall–Kier alpha value is -0.770. The Morgan fingerprint density at radius 3 is 2.53 bits per heavy atom. The van der Waals surface area contributed by atoms with Crippen molar-refractivity contribution in [3.05, 3.63) is 28.8 Å². The van der Waals surface area contributed by atoms with Crippen molar-refractivity contribution < 1.29 is 9.84 Å². The van der Waals surface area contributed by atoms with Gasteiger partial charge >= 0.3 is 0 Å². The van der Waals surface area contributed by atoms with Crippen molar-refractivity contribution in [3.63, 3.8) is 0 Å². The van der Waals surface area contributed by atoms with Crippen LogP contribution in [0.25, 0.3) is 0 Å². The summed E-state index contributed by atoms with van der Waals surface area (Å²) in [5, 5.41) is 13.6. The molecule has 0 aromatic heterocycles. The van der Waals surface area contributed by atoms with Crippen LogP contribution in [0.5, 0.6) is 5.75 Å². The molecule has 19 heavy (non-hydrogen) atoms. The summed E-state index contributed by atoms with van der Waals surface area (Å²) in [7, 11) is 0. The Balaban J connectivity index is 2.73. The maximum Gasteiger partial charge on any atom is 0.124 e. The molecule has 3 nitrogen and oxygen atoms in total. The van der Waals surface area contributed by atoms with E-state index in [4.69, 9.17) is 16.3 Å². The summed E-state index contributed by atoms with van der Waals surface area (Å²) in [4.78, 5) is 0. The van der Waals surface area contributed by atoms with E-state index in [1.165, 1.54) is 0 Å². The fraction of sp³-hybridized carbons (Fsp3) is 0.600. The van der Waals surface area contributed by atoms with Gasteiger partial charge in [-0.25, -0.2) is 0 Å². The smallest absolute Gasteiger partial charge is 0.124 e. The third-order valence-corrected chi connectivity index (χ3v) is 3.12. The highest BCUT2D eigenvalue weighted by Crippen LogP contribution is 2.24. The number of rotatable bonds is 7. The standard InChI is InChI=1S/C15H24ClNO2/c1-10(2)8-17-9-13-7-14(16)5-6-15(13)19-12(4)11(3)18/h5-7,10-12,17-18H,8-9H2,1-4H3. The molecule has 0 saturated carbocycles. The highest BCUT2D eigenvalue weighted by Gasteiger charge is 2.13. The van der Waals surface area contributed by atoms with Crippen LogP contribution in [0.1, 0.15) is 33.3 Å². The summed E-state index contributed by atoms with van der Waals surface area (Å²) in [5.74, 6) is 1.37. The van der Waals surface area contributed by atoms with E-state index < -0.39 is 6.10 Å². The Bertz CT molecular complexity index is 394. The number of halogens is 1. The first-order valence-corrected chi connectivity index (χ1v) is 7.11. The van der Waals surface area contributed by atoms with Gasteiger partial charge in [0, 0.05) is 17.1 Å². The van der Waals surface area contributed by atoms with Crippen LogP contribution in [-0.4, -0.2) is 23.9 Å². The van der Waals surface area contributed by atoms with Gasteiger partial charge in [-0.1, -0.05) is 25.4 Å². The second-order valence-corrected chi connectivity index (χ2v) is 5.78. The van der Waals surface area contributed by atoms with Gasteiger partial charge in [-0.2, -0.15) is 0 Å². The van der Waals surface area contributed by atoms with Crippen LogP contribution in [0.4, 0.5) is 0 Å². The highest BCUT2D eigenvalue weighted by molar-refractivity contribution is 6.30. The zero-order valence-corrected chi connectivity index (χ0v) is 12.9. The van der Waals surface area contributed by atoms with Crippen LogP contribution in [0.2, 0.25) is 5.02 Å². The van der Waals surface area contributed by atoms with Gasteiger partial charge in [0.1, 0.15) is 11.9 Å². The average molecular weight is 286 g/mol. The van der Waals surface area contributed by atoms with Crippen LogP contribution in [0.15, 0.2) is 18.2 Å². The van der Waals surface area contributed by atoms with Crippen molar-refractivity contribution in [1.29, 1.82) is 0 Å². The molecule has 2 unspecified atom stereocenters. The van der Waals surface area contributed by atoms with Crippen molar-refractivity contribution in [2.45, 2.75) is 46.4 Å². The number of hydrogen-bond acceptors (Lipinski definition) is 3. The van der Waals surface area contributed by atoms with Crippen LogP contribution < -0.4 is 10.1 Å². The molecule has 0 aliphatic carbocycles. The molecule has 0 aliphatic heterocycles. The monoisotopic (exact) mass is 285 g/mol. The van der Waals surface area contributed by atoms with E-state index in [1.54, 1.807) is 13.0 Å². The lowest BCUT2D eigenvalue weighted by molar-refractivity contribution is 0.0597. The molecule has 2 atom stereocenters. The molecule has 1 aromatic rings. The van der Waals surface area contributed by atoms with E-state index in [9.17, 15) is 5.11 Å². The van der Waals surface area contributed by atoms with Gasteiger partial charge in [-0.15, -0.1) is 0 Å². The molecule has 1 aromatic carbocycles. The topological polar surface area (TPSA) is 41.5 Å². The maximum absolute atomic E-state index is 9.51. The first-order valence-electron chi connectivity index (χ1n) is 6.74. The molecule has 0 amide bonds. The molecule has 108 valence electrons. The number of aliphatic hydroxyl groups is 1. The van der Waals surface area contributed by atoms with E-state index in [2.05, 4.69) is 19.2 Å². The summed E-state index contributed by atoms with van der Waals surface area (Å²) in [6.45, 7) is 9.55. The SMILES string of the molecule is CC(C)CNCc1cc(Cl)ccc1OC(C)C(C)O. The van der Waals surface area contributed by atoms with E-state index in [0.29, 0.717) is 17.5 Å². The molecule has 0 bridgehead atoms. The van der Waals surface area contributed by atoms with Crippen LogP contribution in [0, 0.1) is 5.92 Å². The first kappa shape index (κ1) is 16.3. The summed E-state index contributed by atoms with van der Waals surface area (Å²) in [6, 6.07) is 5.56. The number of benzene rings is 1. The Morgan fingerprint density at radius 1 is 1.26 bits per heavy atom. The summed E-state index contributed by atoms with van der Waals surface area (Å²) < 4.78 is 5.77. The normalized spacial score (nSPS) is 14.5. The minimum atomic E-state index is -0.507. The van der Waals surface area contributed by atoms with Gasteiger partial charge in [0.2, 0.25) is 0 Å². The Morgan fingerprint density at radius 2 is 1.95 bits per heavy atom. The maximum atomic E-state index is 9.51. The molecule has 0 fully saturated rings.